The normalized spacial score (nSPS) is 21.7. The van der Waals surface area contributed by atoms with E-state index in [2.05, 4.69) is 5.32 Å². The predicted octanol–water partition coefficient (Wildman–Crippen LogP) is 2.65. The molecular formula is C22H32N2O6. The van der Waals surface area contributed by atoms with Gasteiger partial charge in [0.15, 0.2) is 5.54 Å². The molecule has 30 heavy (non-hydrogen) atoms. The zero-order valence-electron chi connectivity index (χ0n) is 18.4. The molecule has 1 aliphatic heterocycles. The molecule has 1 N–H and O–H groups in total. The van der Waals surface area contributed by atoms with E-state index in [1.807, 2.05) is 35.2 Å². The highest BCUT2D eigenvalue weighted by molar-refractivity contribution is 5.89. The summed E-state index contributed by atoms with van der Waals surface area (Å²) in [6, 6.07) is 8.89. The monoisotopic (exact) mass is 420 g/mol. The highest BCUT2D eigenvalue weighted by atomic mass is 16.6. The molecule has 0 bridgehead atoms. The summed E-state index contributed by atoms with van der Waals surface area (Å²) in [6.45, 7) is 9.53. The number of nitrogens with one attached hydrogen (secondary N) is 1. The summed E-state index contributed by atoms with van der Waals surface area (Å²) in [5, 5.41) is 2.69. The van der Waals surface area contributed by atoms with Gasteiger partial charge in [-0.05, 0) is 40.2 Å². The molecule has 0 spiro atoms. The smallest absolute Gasteiger partial charge is 0.408 e. The van der Waals surface area contributed by atoms with Gasteiger partial charge in [-0.1, -0.05) is 30.3 Å². The van der Waals surface area contributed by atoms with Crippen LogP contribution in [0.2, 0.25) is 0 Å². The molecule has 8 nitrogen and oxygen atoms in total. The molecule has 0 aromatic heterocycles. The molecule has 2 rings (SSSR count). The molecule has 1 fully saturated rings. The van der Waals surface area contributed by atoms with Crippen LogP contribution in [0.25, 0.3) is 0 Å². The summed E-state index contributed by atoms with van der Waals surface area (Å²) in [4.78, 5) is 39.9. The number of alkyl carbamates (subject to hydrolysis) is 1. The average Bonchev–Trinajstić information content (AvgIpc) is 3.00. The van der Waals surface area contributed by atoms with Gasteiger partial charge in [-0.2, -0.15) is 0 Å². The van der Waals surface area contributed by atoms with Crippen LogP contribution in [0.5, 0.6) is 0 Å². The van der Waals surface area contributed by atoms with E-state index in [4.69, 9.17) is 14.2 Å². The van der Waals surface area contributed by atoms with Crippen molar-refractivity contribution >= 4 is 18.0 Å². The second-order valence-corrected chi connectivity index (χ2v) is 8.29. The van der Waals surface area contributed by atoms with Gasteiger partial charge in [-0.25, -0.2) is 9.59 Å². The Bertz CT molecular complexity index is 746. The summed E-state index contributed by atoms with van der Waals surface area (Å²) >= 11 is 0. The molecule has 2 atom stereocenters. The first-order chi connectivity index (χ1) is 14.1. The van der Waals surface area contributed by atoms with Crippen molar-refractivity contribution in [1.29, 1.82) is 0 Å². The number of rotatable bonds is 7. The van der Waals surface area contributed by atoms with Gasteiger partial charge < -0.3 is 19.5 Å². The van der Waals surface area contributed by atoms with Crippen molar-refractivity contribution in [2.75, 3.05) is 19.8 Å². The Morgan fingerprint density at radius 3 is 2.30 bits per heavy atom. The number of carbonyl (C=O) groups is 3. The van der Waals surface area contributed by atoms with E-state index in [-0.39, 0.29) is 26.2 Å². The maximum atomic E-state index is 12.9. The molecule has 0 radical (unpaired) electrons. The molecule has 1 heterocycles. The van der Waals surface area contributed by atoms with Crippen molar-refractivity contribution in [2.45, 2.75) is 64.8 Å². The third kappa shape index (κ3) is 6.19. The van der Waals surface area contributed by atoms with Crippen LogP contribution in [-0.2, 0) is 30.3 Å². The van der Waals surface area contributed by atoms with E-state index < -0.39 is 35.2 Å². The Balaban J connectivity index is 2.34. The predicted molar refractivity (Wildman–Crippen MR) is 111 cm³/mol. The number of hydrogen-bond acceptors (Lipinski definition) is 7. The Labute approximate surface area is 177 Å². The largest absolute Gasteiger partial charge is 0.465 e. The van der Waals surface area contributed by atoms with Crippen LogP contribution in [-0.4, -0.2) is 59.9 Å². The highest BCUT2D eigenvalue weighted by Crippen LogP contribution is 2.31. The van der Waals surface area contributed by atoms with E-state index in [0.717, 1.165) is 5.56 Å². The molecule has 1 saturated heterocycles. The minimum absolute atomic E-state index is 0.0384. The zero-order valence-corrected chi connectivity index (χ0v) is 18.4. The number of amides is 1. The quantitative estimate of drug-likeness (QED) is 0.535. The van der Waals surface area contributed by atoms with Crippen LogP contribution in [0.1, 0.15) is 46.6 Å². The van der Waals surface area contributed by atoms with Gasteiger partial charge in [0.05, 0.1) is 13.2 Å². The second-order valence-electron chi connectivity index (χ2n) is 8.29. The summed E-state index contributed by atoms with van der Waals surface area (Å²) in [6.07, 6.45) is -0.698. The third-order valence-electron chi connectivity index (χ3n) is 4.65. The second kappa shape index (κ2) is 9.93. The Morgan fingerprint density at radius 2 is 1.73 bits per heavy atom. The fourth-order valence-corrected chi connectivity index (χ4v) is 3.49. The topological polar surface area (TPSA) is 94.2 Å². The zero-order chi connectivity index (χ0) is 22.4. The van der Waals surface area contributed by atoms with Crippen LogP contribution >= 0.6 is 0 Å². The number of benzene rings is 1. The first-order valence-electron chi connectivity index (χ1n) is 10.2. The molecule has 0 saturated carbocycles. The van der Waals surface area contributed by atoms with Crippen molar-refractivity contribution in [1.82, 2.24) is 10.2 Å². The van der Waals surface area contributed by atoms with Crippen molar-refractivity contribution in [3.8, 4) is 0 Å². The van der Waals surface area contributed by atoms with Crippen molar-refractivity contribution in [3.63, 3.8) is 0 Å². The Hall–Kier alpha value is -2.61. The summed E-state index contributed by atoms with van der Waals surface area (Å²) in [7, 11) is 0. The molecule has 1 aromatic carbocycles. The van der Waals surface area contributed by atoms with Crippen LogP contribution in [0.15, 0.2) is 30.3 Å². The lowest BCUT2D eigenvalue weighted by atomic mass is 9.96. The molecule has 1 amide bonds. The molecule has 166 valence electrons. The number of likely N-dealkylation sites (tertiary alicyclic amines) is 1. The SMILES string of the molecule is CCOC(=O)[C@H]1C[C@@](NC(=O)OC(C)(C)C)(C(=O)OCC)CN1Cc1ccccc1. The van der Waals surface area contributed by atoms with Gasteiger partial charge in [-0.3, -0.25) is 9.69 Å². The molecule has 8 heteroatoms. The Kier molecular flexibility index (Phi) is 7.83. The minimum atomic E-state index is -1.41. The lowest BCUT2D eigenvalue weighted by Gasteiger charge is -2.29. The average molecular weight is 421 g/mol. The third-order valence-corrected chi connectivity index (χ3v) is 4.65. The highest BCUT2D eigenvalue weighted by Gasteiger charge is 2.54. The van der Waals surface area contributed by atoms with Crippen LogP contribution in [0.3, 0.4) is 0 Å². The van der Waals surface area contributed by atoms with Gasteiger partial charge in [0.2, 0.25) is 0 Å². The summed E-state index contributed by atoms with van der Waals surface area (Å²) < 4.78 is 15.9. The minimum Gasteiger partial charge on any atom is -0.465 e. The fourth-order valence-electron chi connectivity index (χ4n) is 3.49. The van der Waals surface area contributed by atoms with Gasteiger partial charge in [-0.15, -0.1) is 0 Å². The molecule has 0 aliphatic carbocycles. The maximum Gasteiger partial charge on any atom is 0.408 e. The summed E-state index contributed by atoms with van der Waals surface area (Å²) in [5.74, 6) is -1.04. The lowest BCUT2D eigenvalue weighted by Crippen LogP contribution is -2.57. The molecule has 1 aromatic rings. The fraction of sp³-hybridized carbons (Fsp3) is 0.591. The standard InChI is InChI=1S/C22H32N2O6/c1-6-28-18(25)17-13-22(19(26)29-7-2,23-20(27)30-21(3,4)5)15-24(17)14-16-11-9-8-10-12-16/h8-12,17H,6-7,13-15H2,1-5H3,(H,23,27)/t17-,22+/m1/s1. The lowest BCUT2D eigenvalue weighted by molar-refractivity contribution is -0.150. The molecule has 0 unspecified atom stereocenters. The molecule has 1 aliphatic rings. The first-order valence-corrected chi connectivity index (χ1v) is 10.2. The number of esters is 2. The number of hydrogen-bond donors (Lipinski definition) is 1. The van der Waals surface area contributed by atoms with E-state index in [1.165, 1.54) is 0 Å². The van der Waals surface area contributed by atoms with Crippen molar-refractivity contribution in [2.24, 2.45) is 0 Å². The Morgan fingerprint density at radius 1 is 1.10 bits per heavy atom. The van der Waals surface area contributed by atoms with Gasteiger partial charge >= 0.3 is 18.0 Å². The van der Waals surface area contributed by atoms with Crippen molar-refractivity contribution in [3.05, 3.63) is 35.9 Å². The van der Waals surface area contributed by atoms with Crippen LogP contribution in [0, 0.1) is 0 Å². The van der Waals surface area contributed by atoms with E-state index in [9.17, 15) is 14.4 Å². The molecular weight excluding hydrogens is 388 g/mol. The van der Waals surface area contributed by atoms with Crippen LogP contribution < -0.4 is 5.32 Å². The number of nitrogens with zero attached hydrogens (tertiary/aromatic N) is 1. The maximum absolute atomic E-state index is 12.9. The van der Waals surface area contributed by atoms with E-state index >= 15 is 0 Å². The first kappa shape index (κ1) is 23.7. The summed E-state index contributed by atoms with van der Waals surface area (Å²) in [5.41, 5.74) is -1.17. The van der Waals surface area contributed by atoms with Gasteiger partial charge in [0, 0.05) is 19.5 Å². The van der Waals surface area contributed by atoms with Gasteiger partial charge in [0.1, 0.15) is 11.6 Å². The van der Waals surface area contributed by atoms with E-state index in [1.54, 1.807) is 34.6 Å². The van der Waals surface area contributed by atoms with E-state index in [0.29, 0.717) is 6.54 Å². The van der Waals surface area contributed by atoms with Gasteiger partial charge in [0.25, 0.3) is 0 Å². The number of ether oxygens (including phenoxy) is 3. The number of carbonyl (C=O) groups excluding carboxylic acids is 3. The van der Waals surface area contributed by atoms with Crippen LogP contribution in [0.4, 0.5) is 4.79 Å². The van der Waals surface area contributed by atoms with Crippen molar-refractivity contribution < 1.29 is 28.6 Å².